The van der Waals surface area contributed by atoms with E-state index in [-0.39, 0.29) is 5.91 Å². The molecule has 7 heteroatoms. The van der Waals surface area contributed by atoms with Crippen molar-refractivity contribution in [3.05, 3.63) is 30.6 Å². The summed E-state index contributed by atoms with van der Waals surface area (Å²) in [6.45, 7) is 1.56. The number of anilines is 1. The largest absolute Gasteiger partial charge is 0.368 e. The summed E-state index contributed by atoms with van der Waals surface area (Å²) in [5.74, 6) is 0.654. The molecule has 7 nitrogen and oxygen atoms in total. The van der Waals surface area contributed by atoms with Gasteiger partial charge in [0.05, 0.1) is 0 Å². The van der Waals surface area contributed by atoms with Crippen molar-refractivity contribution in [2.24, 2.45) is 7.05 Å². The second-order valence-electron chi connectivity index (χ2n) is 5.75. The average Bonchev–Trinajstić information content (AvgIpc) is 3.01. The number of carbonyl (C=O) groups is 1. The maximum absolute atomic E-state index is 12.7. The Balaban J connectivity index is 1.80. The van der Waals surface area contributed by atoms with Gasteiger partial charge in [0.25, 0.3) is 5.91 Å². The molecule has 0 unspecified atom stereocenters. The number of rotatable bonds is 4. The lowest BCUT2D eigenvalue weighted by atomic mass is 9.91. The normalized spacial score (nSPS) is 17.0. The van der Waals surface area contributed by atoms with Crippen LogP contribution in [0.25, 0.3) is 11.4 Å². The van der Waals surface area contributed by atoms with Gasteiger partial charge in [-0.05, 0) is 38.1 Å². The van der Waals surface area contributed by atoms with E-state index in [1.165, 1.54) is 0 Å². The summed E-state index contributed by atoms with van der Waals surface area (Å²) in [5.41, 5.74) is 0.872. The molecule has 1 amide bonds. The van der Waals surface area contributed by atoms with Gasteiger partial charge in [0, 0.05) is 25.4 Å². The van der Waals surface area contributed by atoms with Gasteiger partial charge in [0.1, 0.15) is 11.9 Å². The summed E-state index contributed by atoms with van der Waals surface area (Å²) in [6, 6.07) is 7.59. The Morgan fingerprint density at radius 1 is 1.39 bits per heavy atom. The van der Waals surface area contributed by atoms with Crippen molar-refractivity contribution in [3.63, 3.8) is 0 Å². The fraction of sp³-hybridized carbons (Fsp3) is 0.438. The third-order valence-corrected chi connectivity index (χ3v) is 4.31. The van der Waals surface area contributed by atoms with E-state index in [2.05, 4.69) is 20.8 Å². The number of piperidine rings is 1. The summed E-state index contributed by atoms with van der Waals surface area (Å²) in [6.07, 6.45) is 2.98. The minimum Gasteiger partial charge on any atom is -0.368 e. The van der Waals surface area contributed by atoms with Gasteiger partial charge in [0.15, 0.2) is 5.82 Å². The van der Waals surface area contributed by atoms with Gasteiger partial charge in [0.2, 0.25) is 0 Å². The third kappa shape index (κ3) is 3.11. The zero-order valence-electron chi connectivity index (χ0n) is 13.4. The molecule has 0 saturated carbocycles. The van der Waals surface area contributed by atoms with Crippen molar-refractivity contribution in [3.8, 4) is 11.4 Å². The molecule has 122 valence electrons. The van der Waals surface area contributed by atoms with Gasteiger partial charge in [-0.15, -0.1) is 10.2 Å². The minimum atomic E-state index is -0.758. The maximum Gasteiger partial charge on any atom is 0.256 e. The van der Waals surface area contributed by atoms with Crippen LogP contribution in [0.4, 0.5) is 5.69 Å². The van der Waals surface area contributed by atoms with Crippen molar-refractivity contribution < 1.29 is 9.53 Å². The van der Waals surface area contributed by atoms with Crippen molar-refractivity contribution in [2.45, 2.75) is 18.4 Å². The number of carbonyl (C=O) groups excluding carboxylic acids is 1. The monoisotopic (exact) mass is 315 g/mol. The molecule has 0 radical (unpaired) electrons. The molecule has 1 aliphatic heterocycles. The molecule has 1 saturated heterocycles. The van der Waals surface area contributed by atoms with Crippen LogP contribution in [0.1, 0.15) is 12.8 Å². The van der Waals surface area contributed by atoms with Crippen molar-refractivity contribution in [2.75, 3.05) is 25.5 Å². The summed E-state index contributed by atoms with van der Waals surface area (Å²) in [5, 5.41) is 14.2. The van der Waals surface area contributed by atoms with E-state index in [1.807, 2.05) is 35.9 Å². The number of amides is 1. The molecular formula is C16H21N5O2. The van der Waals surface area contributed by atoms with Gasteiger partial charge in [-0.3, -0.25) is 4.79 Å². The van der Waals surface area contributed by atoms with E-state index in [9.17, 15) is 4.79 Å². The molecule has 23 heavy (non-hydrogen) atoms. The highest BCUT2D eigenvalue weighted by molar-refractivity contribution is 5.97. The van der Waals surface area contributed by atoms with Gasteiger partial charge >= 0.3 is 0 Å². The Hall–Kier alpha value is -2.25. The van der Waals surface area contributed by atoms with Crippen LogP contribution >= 0.6 is 0 Å². The Morgan fingerprint density at radius 2 is 2.17 bits per heavy atom. The number of nitrogens with one attached hydrogen (secondary N) is 2. The lowest BCUT2D eigenvalue weighted by Crippen LogP contribution is -2.51. The van der Waals surface area contributed by atoms with Crippen LogP contribution in [0, 0.1) is 0 Å². The van der Waals surface area contributed by atoms with Crippen molar-refractivity contribution in [1.82, 2.24) is 20.1 Å². The SMILES string of the molecule is COC1(C(=O)Nc2cccc(-c3nncn3C)c2)CCNCC1. The first-order chi connectivity index (χ1) is 11.1. The second-order valence-corrected chi connectivity index (χ2v) is 5.75. The lowest BCUT2D eigenvalue weighted by molar-refractivity contribution is -0.140. The summed E-state index contributed by atoms with van der Waals surface area (Å²) < 4.78 is 7.39. The number of nitrogens with zero attached hydrogens (tertiary/aromatic N) is 3. The predicted octanol–water partition coefficient (Wildman–Crippen LogP) is 1.19. The van der Waals surface area contributed by atoms with E-state index in [1.54, 1.807) is 13.4 Å². The van der Waals surface area contributed by atoms with Gasteiger partial charge in [-0.1, -0.05) is 12.1 Å². The third-order valence-electron chi connectivity index (χ3n) is 4.31. The van der Waals surface area contributed by atoms with Crippen LogP contribution in [-0.4, -0.2) is 46.5 Å². The number of hydrogen-bond acceptors (Lipinski definition) is 5. The van der Waals surface area contributed by atoms with E-state index in [4.69, 9.17) is 4.74 Å². The summed E-state index contributed by atoms with van der Waals surface area (Å²) >= 11 is 0. The van der Waals surface area contributed by atoms with Crippen LogP contribution in [0.5, 0.6) is 0 Å². The number of hydrogen-bond donors (Lipinski definition) is 2. The van der Waals surface area contributed by atoms with Crippen molar-refractivity contribution in [1.29, 1.82) is 0 Å². The first-order valence-corrected chi connectivity index (χ1v) is 7.66. The first-order valence-electron chi connectivity index (χ1n) is 7.66. The molecule has 3 rings (SSSR count). The number of benzene rings is 1. The van der Waals surface area contributed by atoms with Crippen LogP contribution in [0.2, 0.25) is 0 Å². The zero-order chi connectivity index (χ0) is 16.3. The highest BCUT2D eigenvalue weighted by Crippen LogP contribution is 2.26. The minimum absolute atomic E-state index is 0.100. The lowest BCUT2D eigenvalue weighted by Gasteiger charge is -2.34. The van der Waals surface area contributed by atoms with Crippen molar-refractivity contribution >= 4 is 11.6 Å². The highest BCUT2D eigenvalue weighted by atomic mass is 16.5. The molecule has 1 fully saturated rings. The number of aryl methyl sites for hydroxylation is 1. The molecule has 2 aromatic rings. The van der Waals surface area contributed by atoms with Crippen LogP contribution < -0.4 is 10.6 Å². The molecule has 0 aliphatic carbocycles. The molecule has 2 N–H and O–H groups in total. The standard InChI is InChI=1S/C16H21N5O2/c1-21-11-18-20-14(21)12-4-3-5-13(10-12)19-15(22)16(23-2)6-8-17-9-7-16/h3-5,10-11,17H,6-9H2,1-2H3,(H,19,22). The van der Waals surface area contributed by atoms with Gasteiger partial charge in [-0.2, -0.15) is 0 Å². The molecule has 2 heterocycles. The first kappa shape index (κ1) is 15.6. The molecule has 1 aliphatic rings. The Morgan fingerprint density at radius 3 is 2.83 bits per heavy atom. The zero-order valence-corrected chi connectivity index (χ0v) is 13.4. The quantitative estimate of drug-likeness (QED) is 0.886. The number of aromatic nitrogens is 3. The second kappa shape index (κ2) is 6.47. The Bertz CT molecular complexity index is 691. The van der Waals surface area contributed by atoms with E-state index < -0.39 is 5.60 Å². The molecule has 0 spiro atoms. The molecule has 1 aromatic heterocycles. The van der Waals surface area contributed by atoms with E-state index >= 15 is 0 Å². The molecular weight excluding hydrogens is 294 g/mol. The molecule has 1 aromatic carbocycles. The Labute approximate surface area is 135 Å². The summed E-state index contributed by atoms with van der Waals surface area (Å²) in [7, 11) is 3.48. The van der Waals surface area contributed by atoms with Crippen LogP contribution in [0.15, 0.2) is 30.6 Å². The van der Waals surface area contributed by atoms with E-state index in [0.717, 1.165) is 30.2 Å². The maximum atomic E-state index is 12.7. The summed E-state index contributed by atoms with van der Waals surface area (Å²) in [4.78, 5) is 12.7. The van der Waals surface area contributed by atoms with Crippen LogP contribution in [-0.2, 0) is 16.6 Å². The number of ether oxygens (including phenoxy) is 1. The Kier molecular flexibility index (Phi) is 4.40. The van der Waals surface area contributed by atoms with Gasteiger partial charge in [-0.25, -0.2) is 0 Å². The highest BCUT2D eigenvalue weighted by Gasteiger charge is 2.39. The molecule has 0 atom stereocenters. The molecule has 0 bridgehead atoms. The van der Waals surface area contributed by atoms with E-state index in [0.29, 0.717) is 12.8 Å². The van der Waals surface area contributed by atoms with Gasteiger partial charge < -0.3 is 19.9 Å². The van der Waals surface area contributed by atoms with Crippen LogP contribution in [0.3, 0.4) is 0 Å². The smallest absolute Gasteiger partial charge is 0.256 e. The number of methoxy groups -OCH3 is 1. The fourth-order valence-corrected chi connectivity index (χ4v) is 2.88. The average molecular weight is 315 g/mol. The fourth-order valence-electron chi connectivity index (χ4n) is 2.88. The topological polar surface area (TPSA) is 81.1 Å². The predicted molar refractivity (Wildman–Crippen MR) is 86.9 cm³/mol.